The van der Waals surface area contributed by atoms with Crippen LogP contribution in [0, 0.1) is 0 Å². The summed E-state index contributed by atoms with van der Waals surface area (Å²) in [5.74, 6) is 0. The van der Waals surface area contributed by atoms with Crippen LogP contribution in [0.5, 0.6) is 0 Å². The summed E-state index contributed by atoms with van der Waals surface area (Å²) in [6.45, 7) is 9.72. The molecule has 0 saturated heterocycles. The SMILES string of the molecule is CCCCCCCCCC(CC(=O)S)[Si](OCC)(OCC)OCC. The van der Waals surface area contributed by atoms with Crippen LogP contribution in [0.2, 0.25) is 5.54 Å². The molecular formula is C18H38O4SSi. The van der Waals surface area contributed by atoms with Crippen LogP contribution in [-0.4, -0.2) is 33.7 Å². The zero-order chi connectivity index (χ0) is 18.3. The van der Waals surface area contributed by atoms with Crippen molar-refractivity contribution in [2.75, 3.05) is 19.8 Å². The Morgan fingerprint density at radius 1 is 0.833 bits per heavy atom. The second kappa shape index (κ2) is 15.4. The molecular weight excluding hydrogens is 340 g/mol. The van der Waals surface area contributed by atoms with E-state index in [1.54, 1.807) is 0 Å². The molecule has 0 heterocycles. The Balaban J connectivity index is 4.69. The predicted octanol–water partition coefficient (Wildman–Crippen LogP) is 5.39. The molecule has 1 unspecified atom stereocenters. The molecule has 4 nitrogen and oxygen atoms in total. The highest BCUT2D eigenvalue weighted by Gasteiger charge is 2.49. The number of hydrogen-bond donors (Lipinski definition) is 1. The standard InChI is InChI=1S/C18H38O4SSi/c1-5-9-10-11-12-13-14-15-17(16-18(19)23)24(20-6-2,21-7-3)22-8-4/h17H,5-16H2,1-4H3,(H,19,23). The van der Waals surface area contributed by atoms with Crippen LogP contribution in [-0.2, 0) is 18.1 Å². The molecule has 1 atom stereocenters. The molecule has 0 amide bonds. The van der Waals surface area contributed by atoms with E-state index in [1.807, 2.05) is 20.8 Å². The minimum atomic E-state index is -2.84. The van der Waals surface area contributed by atoms with Gasteiger partial charge in [0.1, 0.15) is 0 Å². The van der Waals surface area contributed by atoms with Gasteiger partial charge in [0.2, 0.25) is 0 Å². The van der Waals surface area contributed by atoms with E-state index in [-0.39, 0.29) is 10.7 Å². The van der Waals surface area contributed by atoms with E-state index < -0.39 is 8.80 Å². The van der Waals surface area contributed by atoms with E-state index in [1.165, 1.54) is 38.5 Å². The summed E-state index contributed by atoms with van der Waals surface area (Å²) in [4.78, 5) is 11.6. The van der Waals surface area contributed by atoms with Gasteiger partial charge >= 0.3 is 8.80 Å². The second-order valence-electron chi connectivity index (χ2n) is 6.11. The molecule has 0 aliphatic heterocycles. The molecule has 0 rings (SSSR count). The summed E-state index contributed by atoms with van der Waals surface area (Å²) < 4.78 is 18.0. The van der Waals surface area contributed by atoms with Gasteiger partial charge in [-0.05, 0) is 27.2 Å². The number of rotatable bonds is 17. The lowest BCUT2D eigenvalue weighted by Crippen LogP contribution is -2.50. The Labute approximate surface area is 155 Å². The third-order valence-electron chi connectivity index (χ3n) is 4.11. The lowest BCUT2D eigenvalue weighted by Gasteiger charge is -2.35. The summed E-state index contributed by atoms with van der Waals surface area (Å²) in [7, 11) is -2.84. The fourth-order valence-corrected chi connectivity index (χ4v) is 6.59. The largest absolute Gasteiger partial charge is 0.504 e. The van der Waals surface area contributed by atoms with Gasteiger partial charge < -0.3 is 13.3 Å². The molecule has 144 valence electrons. The van der Waals surface area contributed by atoms with E-state index in [0.29, 0.717) is 26.2 Å². The maximum atomic E-state index is 11.6. The number of thiol groups is 1. The molecule has 6 heteroatoms. The van der Waals surface area contributed by atoms with E-state index in [9.17, 15) is 4.79 Å². The normalized spacial score (nSPS) is 13.2. The number of carbonyl (C=O) groups is 1. The predicted molar refractivity (Wildman–Crippen MR) is 106 cm³/mol. The van der Waals surface area contributed by atoms with Gasteiger partial charge in [0.25, 0.3) is 0 Å². The van der Waals surface area contributed by atoms with Crippen molar-refractivity contribution in [3.63, 3.8) is 0 Å². The first-order valence-electron chi connectivity index (χ1n) is 9.69. The van der Waals surface area contributed by atoms with Crippen LogP contribution in [0.15, 0.2) is 0 Å². The van der Waals surface area contributed by atoms with Crippen LogP contribution in [0.3, 0.4) is 0 Å². The monoisotopic (exact) mass is 378 g/mol. The van der Waals surface area contributed by atoms with Gasteiger partial charge in [-0.25, -0.2) is 0 Å². The van der Waals surface area contributed by atoms with Crippen molar-refractivity contribution in [2.45, 2.75) is 91.0 Å². The van der Waals surface area contributed by atoms with Crippen LogP contribution in [0.1, 0.15) is 85.5 Å². The van der Waals surface area contributed by atoms with Crippen molar-refractivity contribution in [3.8, 4) is 0 Å². The summed E-state index contributed by atoms with van der Waals surface area (Å²) in [5, 5.41) is -0.112. The lowest BCUT2D eigenvalue weighted by atomic mass is 10.1. The zero-order valence-electron chi connectivity index (χ0n) is 16.1. The summed E-state index contributed by atoms with van der Waals surface area (Å²) in [5.41, 5.74) is 0.0120. The average molecular weight is 379 g/mol. The van der Waals surface area contributed by atoms with Crippen LogP contribution >= 0.6 is 12.6 Å². The summed E-state index contributed by atoms with van der Waals surface area (Å²) in [6.07, 6.45) is 10.0. The molecule has 24 heavy (non-hydrogen) atoms. The molecule has 0 radical (unpaired) electrons. The van der Waals surface area contributed by atoms with Crippen molar-refractivity contribution < 1.29 is 18.1 Å². The second-order valence-corrected chi connectivity index (χ2v) is 9.50. The Bertz CT molecular complexity index is 298. The highest BCUT2D eigenvalue weighted by molar-refractivity contribution is 7.96. The minimum absolute atomic E-state index is 0.0120. The first-order chi connectivity index (χ1) is 11.6. The number of hydrogen-bond acceptors (Lipinski definition) is 4. The molecule has 0 aromatic carbocycles. The van der Waals surface area contributed by atoms with Crippen LogP contribution in [0.4, 0.5) is 0 Å². The van der Waals surface area contributed by atoms with Crippen molar-refractivity contribution >= 4 is 26.5 Å². The fourth-order valence-electron chi connectivity index (χ4n) is 3.04. The smallest absolute Gasteiger partial charge is 0.374 e. The van der Waals surface area contributed by atoms with E-state index in [2.05, 4.69) is 19.6 Å². The molecule has 0 bridgehead atoms. The third-order valence-corrected chi connectivity index (χ3v) is 7.86. The van der Waals surface area contributed by atoms with Crippen LogP contribution in [0.25, 0.3) is 0 Å². The Kier molecular flexibility index (Phi) is 15.5. The molecule has 0 saturated carbocycles. The molecule has 0 fully saturated rings. The molecule has 0 aliphatic rings. The molecule has 0 aliphatic carbocycles. The van der Waals surface area contributed by atoms with Crippen molar-refractivity contribution in [3.05, 3.63) is 0 Å². The van der Waals surface area contributed by atoms with E-state index in [4.69, 9.17) is 13.3 Å². The zero-order valence-corrected chi connectivity index (χ0v) is 18.0. The van der Waals surface area contributed by atoms with Gasteiger partial charge in [-0.2, -0.15) is 0 Å². The maximum Gasteiger partial charge on any atom is 0.504 e. The summed E-state index contributed by atoms with van der Waals surface area (Å²) >= 11 is 3.99. The van der Waals surface area contributed by atoms with Crippen LogP contribution < -0.4 is 0 Å². The highest BCUT2D eigenvalue weighted by atomic mass is 32.1. The Morgan fingerprint density at radius 3 is 1.71 bits per heavy atom. The van der Waals surface area contributed by atoms with Gasteiger partial charge in [-0.1, -0.05) is 51.9 Å². The van der Waals surface area contributed by atoms with Gasteiger partial charge in [-0.3, -0.25) is 4.79 Å². The Morgan fingerprint density at radius 2 is 1.29 bits per heavy atom. The van der Waals surface area contributed by atoms with E-state index >= 15 is 0 Å². The Hall–Kier alpha value is 0.117. The first-order valence-corrected chi connectivity index (χ1v) is 11.9. The van der Waals surface area contributed by atoms with Crippen molar-refractivity contribution in [2.24, 2.45) is 0 Å². The van der Waals surface area contributed by atoms with Gasteiger partial charge in [0.15, 0.2) is 5.12 Å². The minimum Gasteiger partial charge on any atom is -0.374 e. The number of carbonyl (C=O) groups excluding carboxylic acids is 1. The number of unbranched alkanes of at least 4 members (excludes halogenated alkanes) is 6. The lowest BCUT2D eigenvalue weighted by molar-refractivity contribution is -0.111. The molecule has 0 aromatic rings. The summed E-state index contributed by atoms with van der Waals surface area (Å²) in [6, 6.07) is 0. The average Bonchev–Trinajstić information content (AvgIpc) is 2.53. The van der Waals surface area contributed by atoms with E-state index in [0.717, 1.165) is 12.8 Å². The molecule has 0 N–H and O–H groups in total. The molecule has 0 spiro atoms. The quantitative estimate of drug-likeness (QED) is 0.209. The van der Waals surface area contributed by atoms with Gasteiger partial charge in [-0.15, -0.1) is 12.6 Å². The van der Waals surface area contributed by atoms with Crippen molar-refractivity contribution in [1.82, 2.24) is 0 Å². The molecule has 0 aromatic heterocycles. The van der Waals surface area contributed by atoms with Gasteiger partial charge in [0, 0.05) is 31.8 Å². The topological polar surface area (TPSA) is 44.8 Å². The third kappa shape index (κ3) is 10.2. The first kappa shape index (κ1) is 24.1. The van der Waals surface area contributed by atoms with Crippen molar-refractivity contribution in [1.29, 1.82) is 0 Å². The van der Waals surface area contributed by atoms with Gasteiger partial charge in [0.05, 0.1) is 0 Å². The highest BCUT2D eigenvalue weighted by Crippen LogP contribution is 2.35. The maximum absolute atomic E-state index is 11.6. The fraction of sp³-hybridized carbons (Fsp3) is 0.944.